The van der Waals surface area contributed by atoms with Crippen molar-refractivity contribution < 1.29 is 15.3 Å². The maximum Gasteiger partial charge on any atom is 0.0724 e. The van der Waals surface area contributed by atoms with E-state index in [0.717, 1.165) is 38.5 Å². The van der Waals surface area contributed by atoms with E-state index in [2.05, 4.69) is 19.9 Å². The van der Waals surface area contributed by atoms with E-state index in [1.165, 1.54) is 12.0 Å². The summed E-state index contributed by atoms with van der Waals surface area (Å²) < 4.78 is 0. The van der Waals surface area contributed by atoms with Crippen molar-refractivity contribution in [3.8, 4) is 0 Å². The zero-order valence-corrected chi connectivity index (χ0v) is 15.4. The molecule has 0 saturated heterocycles. The molecule has 4 aliphatic carbocycles. The van der Waals surface area contributed by atoms with Gasteiger partial charge in [0, 0.05) is 0 Å². The van der Waals surface area contributed by atoms with Gasteiger partial charge in [-0.25, -0.2) is 0 Å². The van der Waals surface area contributed by atoms with Crippen molar-refractivity contribution in [3.63, 3.8) is 0 Å². The van der Waals surface area contributed by atoms with Crippen molar-refractivity contribution in [3.05, 3.63) is 11.6 Å². The lowest BCUT2D eigenvalue weighted by Crippen LogP contribution is -2.57. The standard InChI is InChI=1S/C21H34O3/c1-12(22)16-6-7-17-15-5-4-13-10-14(23)8-9-20(13,2)19(15)18(24)11-21(16,17)3/h10,12,14-19,22-24H,4-9,11H2,1-3H3/t12?,14-,15?,16?,17?,18+,19?,20-,21+/m0/s1. The number of allylic oxidation sites excluding steroid dienone is 1. The number of hydrogen-bond donors (Lipinski definition) is 3. The van der Waals surface area contributed by atoms with E-state index >= 15 is 0 Å². The molecule has 3 heteroatoms. The molecular formula is C21H34O3. The minimum absolute atomic E-state index is 0.0613. The first-order valence-corrected chi connectivity index (χ1v) is 10.0. The van der Waals surface area contributed by atoms with Crippen LogP contribution in [0.25, 0.3) is 0 Å². The molecule has 0 aromatic rings. The highest BCUT2D eigenvalue weighted by Crippen LogP contribution is 2.67. The van der Waals surface area contributed by atoms with E-state index in [1.54, 1.807) is 0 Å². The normalized spacial score (nSPS) is 55.2. The monoisotopic (exact) mass is 334 g/mol. The Balaban J connectivity index is 1.70. The summed E-state index contributed by atoms with van der Waals surface area (Å²) in [5, 5.41) is 31.5. The molecule has 3 saturated carbocycles. The Kier molecular flexibility index (Phi) is 3.95. The SMILES string of the molecule is CC(O)C1CCC2C3CCC4=C[C@@H](O)CC[C@]4(C)C3[C@H](O)C[C@]12C. The van der Waals surface area contributed by atoms with Crippen molar-refractivity contribution in [1.82, 2.24) is 0 Å². The Morgan fingerprint density at radius 3 is 2.58 bits per heavy atom. The zero-order chi connectivity index (χ0) is 17.3. The summed E-state index contributed by atoms with van der Waals surface area (Å²) in [5.74, 6) is 1.86. The van der Waals surface area contributed by atoms with Crippen molar-refractivity contribution in [1.29, 1.82) is 0 Å². The summed E-state index contributed by atoms with van der Waals surface area (Å²) in [5.41, 5.74) is 1.54. The van der Waals surface area contributed by atoms with Gasteiger partial charge in [0.2, 0.25) is 0 Å². The highest BCUT2D eigenvalue weighted by Gasteiger charge is 2.62. The molecule has 0 amide bonds. The molecule has 0 spiro atoms. The predicted molar refractivity (Wildman–Crippen MR) is 94.3 cm³/mol. The third-order valence-electron chi connectivity index (χ3n) is 8.68. The van der Waals surface area contributed by atoms with Crippen LogP contribution >= 0.6 is 0 Å². The largest absolute Gasteiger partial charge is 0.393 e. The molecule has 4 rings (SSSR count). The minimum atomic E-state index is -0.290. The van der Waals surface area contributed by atoms with Crippen molar-refractivity contribution >= 4 is 0 Å². The third-order valence-corrected chi connectivity index (χ3v) is 8.68. The van der Waals surface area contributed by atoms with Crippen LogP contribution in [-0.4, -0.2) is 33.6 Å². The summed E-state index contributed by atoms with van der Waals surface area (Å²) in [6, 6.07) is 0. The van der Waals surface area contributed by atoms with Gasteiger partial charge < -0.3 is 15.3 Å². The van der Waals surface area contributed by atoms with Gasteiger partial charge in [0.25, 0.3) is 0 Å². The molecule has 136 valence electrons. The highest BCUT2D eigenvalue weighted by atomic mass is 16.3. The van der Waals surface area contributed by atoms with Gasteiger partial charge in [-0.3, -0.25) is 0 Å². The van der Waals surface area contributed by atoms with E-state index in [1.807, 2.05) is 6.92 Å². The van der Waals surface area contributed by atoms with Gasteiger partial charge in [0.1, 0.15) is 0 Å². The van der Waals surface area contributed by atoms with Crippen LogP contribution in [0.1, 0.15) is 65.7 Å². The number of aliphatic hydroxyl groups excluding tert-OH is 3. The second-order valence-electron chi connectivity index (χ2n) is 9.75. The Labute approximate surface area is 146 Å². The quantitative estimate of drug-likeness (QED) is 0.645. The molecule has 4 aliphatic rings. The molecule has 3 N–H and O–H groups in total. The molecule has 3 nitrogen and oxygen atoms in total. The van der Waals surface area contributed by atoms with Crippen LogP contribution in [0.5, 0.6) is 0 Å². The maximum atomic E-state index is 11.2. The fraction of sp³-hybridized carbons (Fsp3) is 0.905. The van der Waals surface area contributed by atoms with Crippen molar-refractivity contribution in [2.45, 2.75) is 84.0 Å². The summed E-state index contributed by atoms with van der Waals surface area (Å²) in [6.45, 7) is 6.61. The highest BCUT2D eigenvalue weighted by molar-refractivity contribution is 5.26. The number of rotatable bonds is 1. The lowest BCUT2D eigenvalue weighted by Gasteiger charge is -2.60. The molecular weight excluding hydrogens is 300 g/mol. The van der Waals surface area contributed by atoms with Gasteiger partial charge in [-0.15, -0.1) is 0 Å². The molecule has 0 aliphatic heterocycles. The van der Waals surface area contributed by atoms with Crippen LogP contribution in [0.3, 0.4) is 0 Å². The van der Waals surface area contributed by atoms with Gasteiger partial charge in [-0.05, 0) is 86.4 Å². The molecule has 3 fully saturated rings. The Morgan fingerprint density at radius 2 is 1.88 bits per heavy atom. The zero-order valence-electron chi connectivity index (χ0n) is 15.4. The van der Waals surface area contributed by atoms with Crippen LogP contribution in [0.4, 0.5) is 0 Å². The summed E-state index contributed by atoms with van der Waals surface area (Å²) in [6.07, 6.45) is 8.44. The van der Waals surface area contributed by atoms with Crippen LogP contribution < -0.4 is 0 Å². The van der Waals surface area contributed by atoms with Gasteiger partial charge in [0.15, 0.2) is 0 Å². The fourth-order valence-electron chi connectivity index (χ4n) is 7.67. The summed E-state index contributed by atoms with van der Waals surface area (Å²) in [4.78, 5) is 0. The van der Waals surface area contributed by atoms with E-state index in [9.17, 15) is 15.3 Å². The average molecular weight is 335 g/mol. The lowest BCUT2D eigenvalue weighted by atomic mass is 9.45. The Morgan fingerprint density at radius 1 is 1.12 bits per heavy atom. The number of fused-ring (bicyclic) bond motifs is 5. The van der Waals surface area contributed by atoms with Crippen LogP contribution in [0, 0.1) is 34.5 Å². The molecule has 0 aromatic heterocycles. The summed E-state index contributed by atoms with van der Waals surface area (Å²) >= 11 is 0. The Hall–Kier alpha value is -0.380. The maximum absolute atomic E-state index is 11.2. The third kappa shape index (κ3) is 2.20. The van der Waals surface area contributed by atoms with Crippen molar-refractivity contribution in [2.75, 3.05) is 0 Å². The lowest BCUT2D eigenvalue weighted by molar-refractivity contribution is -0.138. The van der Waals surface area contributed by atoms with E-state index in [0.29, 0.717) is 23.7 Å². The molecule has 0 heterocycles. The molecule has 24 heavy (non-hydrogen) atoms. The van der Waals surface area contributed by atoms with Crippen LogP contribution in [-0.2, 0) is 0 Å². The molecule has 9 atom stereocenters. The van der Waals surface area contributed by atoms with E-state index in [-0.39, 0.29) is 29.1 Å². The van der Waals surface area contributed by atoms with Crippen molar-refractivity contribution in [2.24, 2.45) is 34.5 Å². The minimum Gasteiger partial charge on any atom is -0.393 e. The second kappa shape index (κ2) is 5.56. The first kappa shape index (κ1) is 17.1. The van der Waals surface area contributed by atoms with Crippen LogP contribution in [0.15, 0.2) is 11.6 Å². The van der Waals surface area contributed by atoms with Gasteiger partial charge >= 0.3 is 0 Å². The predicted octanol–water partition coefficient (Wildman–Crippen LogP) is 3.28. The molecule has 0 bridgehead atoms. The topological polar surface area (TPSA) is 60.7 Å². The summed E-state index contributed by atoms with van der Waals surface area (Å²) in [7, 11) is 0. The molecule has 0 aromatic carbocycles. The number of aliphatic hydroxyl groups is 3. The fourth-order valence-corrected chi connectivity index (χ4v) is 7.67. The van der Waals surface area contributed by atoms with Gasteiger partial charge in [0.05, 0.1) is 18.3 Å². The average Bonchev–Trinajstić information content (AvgIpc) is 2.84. The first-order chi connectivity index (χ1) is 11.3. The smallest absolute Gasteiger partial charge is 0.0724 e. The Bertz CT molecular complexity index is 541. The van der Waals surface area contributed by atoms with E-state index < -0.39 is 0 Å². The molecule has 0 radical (unpaired) electrons. The number of hydrogen-bond acceptors (Lipinski definition) is 3. The van der Waals surface area contributed by atoms with E-state index in [4.69, 9.17) is 0 Å². The molecule has 5 unspecified atom stereocenters. The second-order valence-corrected chi connectivity index (χ2v) is 9.75. The van der Waals surface area contributed by atoms with Gasteiger partial charge in [-0.1, -0.05) is 25.5 Å². The van der Waals surface area contributed by atoms with Gasteiger partial charge in [-0.2, -0.15) is 0 Å². The first-order valence-electron chi connectivity index (χ1n) is 10.0. The van der Waals surface area contributed by atoms with Crippen LogP contribution in [0.2, 0.25) is 0 Å².